The van der Waals surface area contributed by atoms with Crippen LogP contribution < -0.4 is 16.0 Å². The van der Waals surface area contributed by atoms with Crippen molar-refractivity contribution in [1.29, 1.82) is 0 Å². The molecule has 3 aromatic heterocycles. The Balaban J connectivity index is 2.10. The minimum atomic E-state index is -0.939. The molecule has 0 spiro atoms. The lowest BCUT2D eigenvalue weighted by atomic mass is 10.1. The largest absolute Gasteiger partial charge is 0.343 e. The van der Waals surface area contributed by atoms with Gasteiger partial charge in [-0.1, -0.05) is 0 Å². The van der Waals surface area contributed by atoms with Gasteiger partial charge in [0.2, 0.25) is 17.1 Å². The Morgan fingerprint density at radius 2 is 0.806 bits per heavy atom. The molecule has 4 rings (SSSR count). The first-order chi connectivity index (χ1) is 17.4. The number of anilines is 6. The Morgan fingerprint density at radius 1 is 0.528 bits per heavy atom. The van der Waals surface area contributed by atoms with Crippen LogP contribution in [0.15, 0.2) is 73.6 Å². The van der Waals surface area contributed by atoms with Crippen LogP contribution in [-0.4, -0.2) is 29.7 Å². The van der Waals surface area contributed by atoms with Gasteiger partial charge >= 0.3 is 17.1 Å². The van der Waals surface area contributed by atoms with Crippen molar-refractivity contribution >= 4 is 51.2 Å². The predicted octanol–water partition coefficient (Wildman–Crippen LogP) is 4.83. The smallest absolute Gasteiger partial charge is 0.330 e. The van der Waals surface area contributed by atoms with Crippen LogP contribution in [0.3, 0.4) is 0 Å². The molecule has 0 amide bonds. The first kappa shape index (κ1) is 23.4. The van der Waals surface area contributed by atoms with Gasteiger partial charge in [-0.15, -0.1) is 0 Å². The SMILES string of the molecule is O=[N+]([O-])c1c(Nc2cccnc2)c([N+](=O)[O-])c(Nc2cccnc2)c([N+](=O)[O-])c1Nc1cccnc1. The van der Waals surface area contributed by atoms with Gasteiger partial charge in [-0.3, -0.25) is 45.3 Å². The van der Waals surface area contributed by atoms with E-state index in [0.29, 0.717) is 0 Å². The molecule has 0 unspecified atom stereocenters. The molecule has 15 heteroatoms. The van der Waals surface area contributed by atoms with Crippen LogP contribution in [0.1, 0.15) is 0 Å². The maximum absolute atomic E-state index is 12.3. The van der Waals surface area contributed by atoms with Gasteiger partial charge in [-0.05, 0) is 36.4 Å². The molecule has 0 aliphatic heterocycles. The lowest BCUT2D eigenvalue weighted by Crippen LogP contribution is -2.11. The zero-order chi connectivity index (χ0) is 25.7. The molecule has 0 bridgehead atoms. The minimum Gasteiger partial charge on any atom is -0.343 e. The van der Waals surface area contributed by atoms with E-state index in [-0.39, 0.29) is 17.1 Å². The highest BCUT2D eigenvalue weighted by Gasteiger charge is 2.43. The fraction of sp³-hybridized carbons (Fsp3) is 0. The molecule has 3 N–H and O–H groups in total. The highest BCUT2D eigenvalue weighted by atomic mass is 16.6. The summed E-state index contributed by atoms with van der Waals surface area (Å²) >= 11 is 0. The zero-order valence-electron chi connectivity index (χ0n) is 18.1. The van der Waals surface area contributed by atoms with Gasteiger partial charge in [0.25, 0.3) is 0 Å². The van der Waals surface area contributed by atoms with Gasteiger partial charge in [0.05, 0.1) is 50.4 Å². The Bertz CT molecular complexity index is 1240. The number of nitrogens with one attached hydrogen (secondary N) is 3. The lowest BCUT2D eigenvalue weighted by Gasteiger charge is -2.16. The van der Waals surface area contributed by atoms with Crippen LogP contribution in [0.2, 0.25) is 0 Å². The van der Waals surface area contributed by atoms with Crippen molar-refractivity contribution < 1.29 is 14.8 Å². The van der Waals surface area contributed by atoms with E-state index in [1.54, 1.807) is 0 Å². The Hall–Kier alpha value is -5.73. The molecular weight excluding hydrogens is 474 g/mol. The van der Waals surface area contributed by atoms with E-state index in [9.17, 15) is 30.3 Å². The second-order valence-electron chi connectivity index (χ2n) is 7.04. The molecule has 0 atom stereocenters. The summed E-state index contributed by atoms with van der Waals surface area (Å²) in [7, 11) is 0. The summed E-state index contributed by atoms with van der Waals surface area (Å²) in [6.07, 6.45) is 8.18. The minimum absolute atomic E-state index is 0.178. The third-order valence-electron chi connectivity index (χ3n) is 4.76. The highest BCUT2D eigenvalue weighted by Crippen LogP contribution is 2.54. The molecule has 4 aromatic rings. The lowest BCUT2D eigenvalue weighted by molar-refractivity contribution is -0.399. The monoisotopic (exact) mass is 489 g/mol. The summed E-state index contributed by atoms with van der Waals surface area (Å²) < 4.78 is 0. The third-order valence-corrected chi connectivity index (χ3v) is 4.76. The van der Waals surface area contributed by atoms with Crippen molar-refractivity contribution in [2.45, 2.75) is 0 Å². The molecule has 0 radical (unpaired) electrons. The normalized spacial score (nSPS) is 10.3. The molecule has 0 aliphatic carbocycles. The van der Waals surface area contributed by atoms with Crippen molar-refractivity contribution in [1.82, 2.24) is 15.0 Å². The highest BCUT2D eigenvalue weighted by molar-refractivity contribution is 6.03. The summed E-state index contributed by atoms with van der Waals surface area (Å²) in [5.41, 5.74) is -4.01. The standard InChI is InChI=1S/C21H15N9O6/c31-28(32)19-16(25-13-4-1-7-22-10-13)20(29(33)34)18(27-15-6-3-9-24-12-15)21(30(35)36)17(19)26-14-5-2-8-23-11-14/h1-12,25-27H. The van der Waals surface area contributed by atoms with Gasteiger partial charge in [0, 0.05) is 18.6 Å². The van der Waals surface area contributed by atoms with Crippen molar-refractivity contribution in [3.8, 4) is 0 Å². The number of hydrogen-bond acceptors (Lipinski definition) is 12. The van der Waals surface area contributed by atoms with Crippen LogP contribution >= 0.6 is 0 Å². The first-order valence-corrected chi connectivity index (χ1v) is 10.0. The molecule has 15 nitrogen and oxygen atoms in total. The van der Waals surface area contributed by atoms with Crippen molar-refractivity contribution in [2.75, 3.05) is 16.0 Å². The molecule has 180 valence electrons. The fourth-order valence-electron chi connectivity index (χ4n) is 3.36. The van der Waals surface area contributed by atoms with Crippen molar-refractivity contribution in [3.63, 3.8) is 0 Å². The van der Waals surface area contributed by atoms with E-state index in [4.69, 9.17) is 0 Å². The number of hydrogen-bond donors (Lipinski definition) is 3. The molecule has 0 saturated carbocycles. The fourth-order valence-corrected chi connectivity index (χ4v) is 3.36. The second kappa shape index (κ2) is 10.0. The number of aromatic nitrogens is 3. The quantitative estimate of drug-likeness (QED) is 0.214. The van der Waals surface area contributed by atoms with E-state index in [1.165, 1.54) is 73.6 Å². The molecule has 36 heavy (non-hydrogen) atoms. The van der Waals surface area contributed by atoms with Crippen LogP contribution in [0.4, 0.5) is 51.2 Å². The van der Waals surface area contributed by atoms with Crippen LogP contribution in [0.5, 0.6) is 0 Å². The summed E-state index contributed by atoms with van der Waals surface area (Å²) in [5, 5.41) is 44.7. The Morgan fingerprint density at radius 3 is 1.00 bits per heavy atom. The topological polar surface area (TPSA) is 204 Å². The van der Waals surface area contributed by atoms with Gasteiger partial charge in [0.15, 0.2) is 0 Å². The van der Waals surface area contributed by atoms with E-state index >= 15 is 0 Å². The maximum Gasteiger partial charge on any atom is 0.330 e. The number of nitro groups is 3. The number of pyridine rings is 3. The van der Waals surface area contributed by atoms with E-state index < -0.39 is 48.9 Å². The first-order valence-electron chi connectivity index (χ1n) is 10.0. The molecule has 0 saturated heterocycles. The molecule has 0 aliphatic rings. The summed E-state index contributed by atoms with van der Waals surface area (Å²) in [5.74, 6) is 0. The van der Waals surface area contributed by atoms with Crippen LogP contribution in [0.25, 0.3) is 0 Å². The van der Waals surface area contributed by atoms with Gasteiger partial charge in [0.1, 0.15) is 0 Å². The van der Waals surface area contributed by atoms with Gasteiger partial charge in [-0.2, -0.15) is 0 Å². The number of rotatable bonds is 9. The molecule has 1 aromatic carbocycles. The summed E-state index contributed by atoms with van der Waals surface area (Å²) in [6, 6.07) is 8.96. The number of benzene rings is 1. The molecule has 3 heterocycles. The summed E-state index contributed by atoms with van der Waals surface area (Å²) in [6.45, 7) is 0. The Kier molecular flexibility index (Phi) is 6.53. The van der Waals surface area contributed by atoms with E-state index in [2.05, 4.69) is 30.9 Å². The van der Waals surface area contributed by atoms with E-state index in [0.717, 1.165) is 0 Å². The van der Waals surface area contributed by atoms with Crippen molar-refractivity contribution in [3.05, 3.63) is 104 Å². The second-order valence-corrected chi connectivity index (χ2v) is 7.04. The zero-order valence-corrected chi connectivity index (χ0v) is 18.1. The average molecular weight is 489 g/mol. The number of nitrogens with zero attached hydrogens (tertiary/aromatic N) is 6. The summed E-state index contributed by atoms with van der Waals surface area (Å²) in [4.78, 5) is 45.7. The Labute approximate surface area is 201 Å². The number of nitro benzene ring substituents is 3. The van der Waals surface area contributed by atoms with Crippen LogP contribution in [-0.2, 0) is 0 Å². The van der Waals surface area contributed by atoms with Crippen molar-refractivity contribution in [2.24, 2.45) is 0 Å². The van der Waals surface area contributed by atoms with Gasteiger partial charge in [-0.25, -0.2) is 0 Å². The van der Waals surface area contributed by atoms with E-state index in [1.807, 2.05) is 0 Å². The van der Waals surface area contributed by atoms with Gasteiger partial charge < -0.3 is 16.0 Å². The molecule has 0 fully saturated rings. The molecular formula is C21H15N9O6. The predicted molar refractivity (Wildman–Crippen MR) is 129 cm³/mol. The maximum atomic E-state index is 12.3. The third kappa shape index (κ3) is 4.79. The average Bonchev–Trinajstić information content (AvgIpc) is 2.85. The van der Waals surface area contributed by atoms with Crippen LogP contribution in [0, 0.1) is 30.3 Å².